The molecule has 0 unspecified atom stereocenters. The van der Waals surface area contributed by atoms with Crippen molar-refractivity contribution in [3.63, 3.8) is 0 Å². The molecule has 0 saturated heterocycles. The second-order valence-corrected chi connectivity index (χ2v) is 8.60. The van der Waals surface area contributed by atoms with Crippen LogP contribution in [0.25, 0.3) is 10.6 Å². The molecule has 1 aliphatic rings. The lowest BCUT2D eigenvalue weighted by Gasteiger charge is -2.23. The number of thiophene rings is 1. The molecule has 0 fully saturated rings. The van der Waals surface area contributed by atoms with E-state index >= 15 is 0 Å². The summed E-state index contributed by atoms with van der Waals surface area (Å²) in [4.78, 5) is 0.751. The molecule has 1 aromatic carbocycles. The van der Waals surface area contributed by atoms with Crippen molar-refractivity contribution in [1.82, 2.24) is 5.16 Å². The Balaban J connectivity index is 1.77. The summed E-state index contributed by atoms with van der Waals surface area (Å²) in [6, 6.07) is 12.7. The van der Waals surface area contributed by atoms with Gasteiger partial charge in [0.1, 0.15) is 4.21 Å². The molecule has 0 spiro atoms. The summed E-state index contributed by atoms with van der Waals surface area (Å²) in [7, 11) is -3.58. The van der Waals surface area contributed by atoms with E-state index in [1.54, 1.807) is 24.4 Å². The predicted molar refractivity (Wildman–Crippen MR) is 89.1 cm³/mol. The number of nitrogens with zero attached hydrogens (tertiary/aromatic N) is 2. The van der Waals surface area contributed by atoms with Crippen LogP contribution >= 0.6 is 11.3 Å². The molecule has 23 heavy (non-hydrogen) atoms. The molecule has 3 heterocycles. The lowest BCUT2D eigenvalue weighted by Crippen LogP contribution is -2.35. The van der Waals surface area contributed by atoms with Crippen LogP contribution in [0.1, 0.15) is 12.5 Å². The largest absolute Gasteiger partial charge is 0.355 e. The number of benzene rings is 1. The SMILES string of the molecule is C[C@H]1Cc2ccccc2N1S(=O)(=O)c1ccc(-c2ccno2)s1. The van der Waals surface area contributed by atoms with Crippen molar-refractivity contribution in [1.29, 1.82) is 0 Å². The Kier molecular flexibility index (Phi) is 3.28. The molecule has 3 aromatic rings. The smallest absolute Gasteiger partial charge is 0.274 e. The molecule has 0 amide bonds. The highest BCUT2D eigenvalue weighted by Gasteiger charge is 2.36. The first kappa shape index (κ1) is 14.5. The topological polar surface area (TPSA) is 63.4 Å². The Bertz CT molecular complexity index is 945. The number of aromatic nitrogens is 1. The highest BCUT2D eigenvalue weighted by atomic mass is 32.2. The maximum Gasteiger partial charge on any atom is 0.274 e. The Morgan fingerprint density at radius 3 is 2.83 bits per heavy atom. The third-order valence-electron chi connectivity index (χ3n) is 3.92. The van der Waals surface area contributed by atoms with E-state index in [1.165, 1.54) is 15.6 Å². The van der Waals surface area contributed by atoms with Gasteiger partial charge in [0.05, 0.1) is 16.8 Å². The zero-order chi connectivity index (χ0) is 16.0. The van der Waals surface area contributed by atoms with Gasteiger partial charge in [-0.25, -0.2) is 8.42 Å². The summed E-state index contributed by atoms with van der Waals surface area (Å²) in [5.41, 5.74) is 1.84. The van der Waals surface area contributed by atoms with Crippen LogP contribution in [0.15, 0.2) is 57.4 Å². The molecule has 0 bridgehead atoms. The molecular weight excluding hydrogens is 332 g/mol. The maximum absolute atomic E-state index is 13.1. The van der Waals surface area contributed by atoms with Crippen molar-refractivity contribution in [2.45, 2.75) is 23.6 Å². The van der Waals surface area contributed by atoms with Gasteiger partial charge < -0.3 is 4.52 Å². The van der Waals surface area contributed by atoms with Gasteiger partial charge in [-0.1, -0.05) is 23.4 Å². The van der Waals surface area contributed by atoms with Crippen molar-refractivity contribution in [2.24, 2.45) is 0 Å². The van der Waals surface area contributed by atoms with E-state index in [4.69, 9.17) is 4.52 Å². The van der Waals surface area contributed by atoms with E-state index in [0.717, 1.165) is 22.5 Å². The van der Waals surface area contributed by atoms with Gasteiger partial charge in [0.25, 0.3) is 10.0 Å². The summed E-state index contributed by atoms with van der Waals surface area (Å²) >= 11 is 1.20. The molecule has 0 saturated carbocycles. The monoisotopic (exact) mass is 346 g/mol. The third-order valence-corrected chi connectivity index (χ3v) is 7.42. The molecule has 118 valence electrons. The minimum absolute atomic E-state index is 0.0896. The van der Waals surface area contributed by atoms with E-state index in [1.807, 2.05) is 31.2 Å². The third kappa shape index (κ3) is 2.27. The van der Waals surface area contributed by atoms with Gasteiger partial charge >= 0.3 is 0 Å². The van der Waals surface area contributed by atoms with Crippen LogP contribution in [0.2, 0.25) is 0 Å². The fourth-order valence-electron chi connectivity index (χ4n) is 2.93. The number of para-hydroxylation sites is 1. The maximum atomic E-state index is 13.1. The van der Waals surface area contributed by atoms with Gasteiger partial charge in [-0.05, 0) is 37.1 Å². The van der Waals surface area contributed by atoms with Crippen molar-refractivity contribution < 1.29 is 12.9 Å². The Morgan fingerprint density at radius 1 is 1.22 bits per heavy atom. The lowest BCUT2D eigenvalue weighted by molar-refractivity contribution is 0.433. The number of anilines is 1. The molecule has 7 heteroatoms. The van der Waals surface area contributed by atoms with Gasteiger partial charge in [0.15, 0.2) is 5.76 Å². The molecule has 1 aliphatic heterocycles. The van der Waals surface area contributed by atoms with Gasteiger partial charge in [0, 0.05) is 12.1 Å². The van der Waals surface area contributed by atoms with E-state index < -0.39 is 10.0 Å². The average Bonchev–Trinajstić information content (AvgIpc) is 3.25. The fraction of sp³-hybridized carbons (Fsp3) is 0.188. The van der Waals surface area contributed by atoms with Crippen LogP contribution in [0, 0.1) is 0 Å². The molecular formula is C16H14N2O3S2. The van der Waals surface area contributed by atoms with Crippen LogP contribution in [-0.4, -0.2) is 19.6 Å². The van der Waals surface area contributed by atoms with Crippen LogP contribution in [0.3, 0.4) is 0 Å². The van der Waals surface area contributed by atoms with Crippen molar-refractivity contribution in [3.8, 4) is 10.6 Å². The van der Waals surface area contributed by atoms with Crippen molar-refractivity contribution >= 4 is 27.0 Å². The Labute approximate surface area is 138 Å². The quantitative estimate of drug-likeness (QED) is 0.728. The van der Waals surface area contributed by atoms with E-state index in [9.17, 15) is 8.42 Å². The Morgan fingerprint density at radius 2 is 2.04 bits per heavy atom. The first-order valence-electron chi connectivity index (χ1n) is 7.20. The van der Waals surface area contributed by atoms with Gasteiger partial charge in [-0.3, -0.25) is 4.31 Å². The van der Waals surface area contributed by atoms with Gasteiger partial charge in [-0.2, -0.15) is 0 Å². The van der Waals surface area contributed by atoms with Crippen LogP contribution in [-0.2, 0) is 16.4 Å². The van der Waals surface area contributed by atoms with Crippen molar-refractivity contribution in [2.75, 3.05) is 4.31 Å². The summed E-state index contributed by atoms with van der Waals surface area (Å²) < 4.78 is 33.1. The molecule has 0 N–H and O–H groups in total. The van der Waals surface area contributed by atoms with Crippen LogP contribution < -0.4 is 4.31 Å². The number of hydrogen-bond donors (Lipinski definition) is 0. The number of fused-ring (bicyclic) bond motifs is 1. The molecule has 0 aliphatic carbocycles. The molecule has 0 radical (unpaired) electrons. The average molecular weight is 346 g/mol. The lowest BCUT2D eigenvalue weighted by atomic mass is 10.1. The van der Waals surface area contributed by atoms with E-state index in [2.05, 4.69) is 5.16 Å². The minimum Gasteiger partial charge on any atom is -0.355 e. The molecule has 1 atom stereocenters. The number of hydrogen-bond acceptors (Lipinski definition) is 5. The molecule has 4 rings (SSSR count). The minimum atomic E-state index is -3.58. The standard InChI is InChI=1S/C16H14N2O3S2/c1-11-10-12-4-2-3-5-13(12)18(11)23(19,20)16-7-6-15(22-16)14-8-9-17-21-14/h2-9,11H,10H2,1H3/t11-/m0/s1. The fourth-order valence-corrected chi connectivity index (χ4v) is 5.98. The zero-order valence-corrected chi connectivity index (χ0v) is 14.0. The van der Waals surface area contributed by atoms with E-state index in [0.29, 0.717) is 9.97 Å². The second-order valence-electron chi connectivity index (χ2n) is 5.48. The number of sulfonamides is 1. The predicted octanol–water partition coefficient (Wildman–Crippen LogP) is 3.54. The molecule has 2 aromatic heterocycles. The van der Waals surface area contributed by atoms with Crippen LogP contribution in [0.4, 0.5) is 5.69 Å². The first-order valence-corrected chi connectivity index (χ1v) is 9.46. The second kappa shape index (κ2) is 5.21. The summed E-state index contributed by atoms with van der Waals surface area (Å²) in [6.45, 7) is 1.93. The highest BCUT2D eigenvalue weighted by molar-refractivity contribution is 7.94. The van der Waals surface area contributed by atoms with E-state index in [-0.39, 0.29) is 6.04 Å². The summed E-state index contributed by atoms with van der Waals surface area (Å²) in [6.07, 6.45) is 2.28. The van der Waals surface area contributed by atoms with Gasteiger partial charge in [0.2, 0.25) is 0 Å². The van der Waals surface area contributed by atoms with Gasteiger partial charge in [-0.15, -0.1) is 11.3 Å². The first-order chi connectivity index (χ1) is 11.1. The Hall–Kier alpha value is -2.12. The van der Waals surface area contributed by atoms with Crippen LogP contribution in [0.5, 0.6) is 0 Å². The summed E-state index contributed by atoms with van der Waals surface area (Å²) in [5, 5.41) is 3.66. The normalized spacial score (nSPS) is 17.4. The zero-order valence-electron chi connectivity index (χ0n) is 12.3. The highest BCUT2D eigenvalue weighted by Crippen LogP contribution is 2.39. The number of rotatable bonds is 3. The molecule has 5 nitrogen and oxygen atoms in total. The van der Waals surface area contributed by atoms with Crippen molar-refractivity contribution in [3.05, 3.63) is 54.2 Å². The summed E-state index contributed by atoms with van der Waals surface area (Å²) in [5.74, 6) is 0.575.